The molecule has 0 amide bonds. The number of aliphatic carboxylic acids is 1. The Morgan fingerprint density at radius 1 is 0.825 bits per heavy atom. The summed E-state index contributed by atoms with van der Waals surface area (Å²) in [6, 6.07) is 6.57. The van der Waals surface area contributed by atoms with Gasteiger partial charge in [-0.25, -0.2) is 14.4 Å². The van der Waals surface area contributed by atoms with E-state index in [1.54, 1.807) is 0 Å². The van der Waals surface area contributed by atoms with E-state index >= 15 is 0 Å². The number of carboxylic acid groups (broad SMARTS) is 1. The average Bonchev–Trinajstić information content (AvgIpc) is 2.91. The van der Waals surface area contributed by atoms with Gasteiger partial charge in [0.25, 0.3) is 0 Å². The van der Waals surface area contributed by atoms with Gasteiger partial charge in [0.1, 0.15) is 18.3 Å². The number of hydrogen-bond donors (Lipinski definition) is 6. The summed E-state index contributed by atoms with van der Waals surface area (Å²) in [6.45, 7) is 0. The molecule has 1 saturated carbocycles. The Labute approximate surface area is 227 Å². The van der Waals surface area contributed by atoms with Crippen LogP contribution < -0.4 is 9.47 Å². The van der Waals surface area contributed by atoms with Crippen LogP contribution in [0.25, 0.3) is 12.2 Å². The lowest BCUT2D eigenvalue weighted by molar-refractivity contribution is -0.203. The van der Waals surface area contributed by atoms with Crippen LogP contribution in [0.3, 0.4) is 0 Å². The van der Waals surface area contributed by atoms with Crippen molar-refractivity contribution < 1.29 is 64.0 Å². The minimum Gasteiger partial charge on any atom is -0.504 e. The highest BCUT2D eigenvalue weighted by atomic mass is 16.6. The molecule has 1 aliphatic carbocycles. The van der Waals surface area contributed by atoms with Crippen LogP contribution in [0.15, 0.2) is 42.5 Å². The average molecular weight is 561 g/mol. The highest BCUT2D eigenvalue weighted by Gasteiger charge is 2.52. The fourth-order valence-electron chi connectivity index (χ4n) is 3.99. The first kappa shape index (κ1) is 29.8. The summed E-state index contributed by atoms with van der Waals surface area (Å²) in [4.78, 5) is 36.6. The van der Waals surface area contributed by atoms with Gasteiger partial charge in [-0.3, -0.25) is 0 Å². The largest absolute Gasteiger partial charge is 0.504 e. The van der Waals surface area contributed by atoms with Crippen LogP contribution in [-0.2, 0) is 23.9 Å². The fraction of sp³-hybridized carbons (Fsp3) is 0.296. The molecule has 0 heterocycles. The number of ether oxygens (including phenoxy) is 4. The third kappa shape index (κ3) is 7.01. The molecular formula is C27H28O13. The van der Waals surface area contributed by atoms with Crippen molar-refractivity contribution in [3.8, 4) is 28.7 Å². The Morgan fingerprint density at radius 2 is 1.32 bits per heavy atom. The topological polar surface area (TPSA) is 210 Å². The van der Waals surface area contributed by atoms with Crippen molar-refractivity contribution in [3.05, 3.63) is 53.6 Å². The number of aromatic hydroxyl groups is 3. The van der Waals surface area contributed by atoms with Gasteiger partial charge in [0, 0.05) is 25.0 Å². The number of carbonyl (C=O) groups excluding carboxylic acids is 2. The molecule has 13 heteroatoms. The lowest BCUT2D eigenvalue weighted by atomic mass is 9.79. The minimum atomic E-state index is -2.48. The van der Waals surface area contributed by atoms with Crippen molar-refractivity contribution in [2.24, 2.45) is 0 Å². The van der Waals surface area contributed by atoms with Gasteiger partial charge in [0.05, 0.1) is 14.2 Å². The number of aliphatic hydroxyl groups excluding tert-OH is 1. The van der Waals surface area contributed by atoms with Crippen molar-refractivity contribution in [3.63, 3.8) is 0 Å². The van der Waals surface area contributed by atoms with E-state index in [4.69, 9.17) is 18.9 Å². The van der Waals surface area contributed by atoms with Crippen LogP contribution in [0.1, 0.15) is 24.0 Å². The molecular weight excluding hydrogens is 532 g/mol. The standard InChI is InChI=1S/C27H28O13/c1-37-18-10-15(11-19(38-2)24(18)32)5-8-23(31)40-21-13-27(36,26(34)35)12-20(25(21)33)39-22(30)7-4-14-3-6-16(28)17(29)9-14/h3-11,20-21,25,28-29,32-33,36H,12-13H2,1-2H3,(H,34,35)/b7-4+,8-5+/t20-,21-,25?,27?/m1/s1. The molecule has 0 aliphatic heterocycles. The summed E-state index contributed by atoms with van der Waals surface area (Å²) in [7, 11) is 2.64. The van der Waals surface area contributed by atoms with E-state index in [1.165, 1.54) is 56.7 Å². The van der Waals surface area contributed by atoms with E-state index in [0.717, 1.165) is 12.2 Å². The van der Waals surface area contributed by atoms with Crippen molar-refractivity contribution in [1.82, 2.24) is 0 Å². The number of rotatable bonds is 9. The van der Waals surface area contributed by atoms with Crippen molar-refractivity contribution in [1.29, 1.82) is 0 Å². The lowest BCUT2D eigenvalue weighted by Crippen LogP contribution is -2.58. The summed E-state index contributed by atoms with van der Waals surface area (Å²) in [5, 5.41) is 59.8. The van der Waals surface area contributed by atoms with Crippen LogP contribution >= 0.6 is 0 Å². The molecule has 0 bridgehead atoms. The third-order valence-corrected chi connectivity index (χ3v) is 6.10. The SMILES string of the molecule is COc1cc(/C=C/C(=O)O[C@@H]2CC(O)(C(=O)O)C[C@@H](OC(=O)/C=C/c3ccc(O)c(O)c3)C2O)cc(OC)c1O. The Bertz CT molecular complexity index is 1310. The Hall–Kier alpha value is -4.75. The highest BCUT2D eigenvalue weighted by Crippen LogP contribution is 2.37. The van der Waals surface area contributed by atoms with Crippen LogP contribution in [0.2, 0.25) is 0 Å². The van der Waals surface area contributed by atoms with Crippen molar-refractivity contribution in [2.45, 2.75) is 36.8 Å². The molecule has 2 unspecified atom stereocenters. The smallest absolute Gasteiger partial charge is 0.335 e. The second kappa shape index (κ2) is 12.4. The van der Waals surface area contributed by atoms with E-state index in [1.807, 2.05) is 0 Å². The lowest BCUT2D eigenvalue weighted by Gasteiger charge is -2.40. The molecule has 0 radical (unpaired) electrons. The van der Waals surface area contributed by atoms with E-state index in [0.29, 0.717) is 11.1 Å². The van der Waals surface area contributed by atoms with Gasteiger partial charge in [-0.1, -0.05) is 6.07 Å². The Kier molecular flexibility index (Phi) is 9.24. The molecule has 40 heavy (non-hydrogen) atoms. The summed E-state index contributed by atoms with van der Waals surface area (Å²) >= 11 is 0. The predicted octanol–water partition coefficient (Wildman–Crippen LogP) is 1.34. The first-order valence-corrected chi connectivity index (χ1v) is 11.7. The molecule has 0 spiro atoms. The third-order valence-electron chi connectivity index (χ3n) is 6.10. The summed E-state index contributed by atoms with van der Waals surface area (Å²) < 4.78 is 20.5. The fourth-order valence-corrected chi connectivity index (χ4v) is 3.99. The van der Waals surface area contributed by atoms with Gasteiger partial charge in [-0.2, -0.15) is 0 Å². The molecule has 0 aromatic heterocycles. The molecule has 1 aliphatic rings. The molecule has 2 aromatic carbocycles. The van der Waals surface area contributed by atoms with Gasteiger partial charge in [-0.15, -0.1) is 0 Å². The maximum absolute atomic E-state index is 12.5. The monoisotopic (exact) mass is 560 g/mol. The molecule has 214 valence electrons. The maximum atomic E-state index is 12.5. The van der Waals surface area contributed by atoms with E-state index in [-0.39, 0.29) is 23.0 Å². The van der Waals surface area contributed by atoms with E-state index in [9.17, 15) is 45.0 Å². The molecule has 0 saturated heterocycles. The number of hydrogen-bond acceptors (Lipinski definition) is 12. The van der Waals surface area contributed by atoms with Crippen LogP contribution in [0.4, 0.5) is 0 Å². The molecule has 6 N–H and O–H groups in total. The number of esters is 2. The van der Waals surface area contributed by atoms with E-state index in [2.05, 4.69) is 0 Å². The van der Waals surface area contributed by atoms with Gasteiger partial charge >= 0.3 is 17.9 Å². The zero-order valence-corrected chi connectivity index (χ0v) is 21.4. The second-order valence-corrected chi connectivity index (χ2v) is 8.88. The Morgan fingerprint density at radius 3 is 1.77 bits per heavy atom. The minimum absolute atomic E-state index is 0.0718. The van der Waals surface area contributed by atoms with Crippen LogP contribution in [-0.4, -0.2) is 86.7 Å². The number of carbonyl (C=O) groups is 3. The molecule has 3 rings (SSSR count). The predicted molar refractivity (Wildman–Crippen MR) is 137 cm³/mol. The second-order valence-electron chi connectivity index (χ2n) is 8.88. The molecule has 13 nitrogen and oxygen atoms in total. The quantitative estimate of drug-likeness (QED) is 0.145. The van der Waals surface area contributed by atoms with Gasteiger partial charge in [0.15, 0.2) is 28.6 Å². The Balaban J connectivity index is 1.74. The summed E-state index contributed by atoms with van der Waals surface area (Å²) in [6.07, 6.45) is -1.76. The zero-order chi connectivity index (χ0) is 29.6. The molecule has 2 aromatic rings. The number of phenolic OH excluding ortho intramolecular Hbond substituents is 3. The van der Waals surface area contributed by atoms with Crippen molar-refractivity contribution >= 4 is 30.1 Å². The van der Waals surface area contributed by atoms with Gasteiger partial charge < -0.3 is 49.6 Å². The van der Waals surface area contributed by atoms with Gasteiger partial charge in [0.2, 0.25) is 5.75 Å². The first-order chi connectivity index (χ1) is 18.9. The number of benzene rings is 2. The normalized spacial score (nSPS) is 22.6. The van der Waals surface area contributed by atoms with Gasteiger partial charge in [-0.05, 0) is 47.5 Å². The highest BCUT2D eigenvalue weighted by molar-refractivity contribution is 5.88. The van der Waals surface area contributed by atoms with Crippen LogP contribution in [0.5, 0.6) is 28.7 Å². The molecule has 1 fully saturated rings. The van der Waals surface area contributed by atoms with E-state index < -0.39 is 60.4 Å². The first-order valence-electron chi connectivity index (χ1n) is 11.7. The number of methoxy groups -OCH3 is 2. The van der Waals surface area contributed by atoms with Crippen LogP contribution in [0, 0.1) is 0 Å². The zero-order valence-electron chi connectivity index (χ0n) is 21.4. The molecule has 4 atom stereocenters. The number of phenols is 3. The maximum Gasteiger partial charge on any atom is 0.335 e. The van der Waals surface area contributed by atoms with Crippen molar-refractivity contribution in [2.75, 3.05) is 14.2 Å². The summed E-state index contributed by atoms with van der Waals surface area (Å²) in [5.41, 5.74) is -1.79. The summed E-state index contributed by atoms with van der Waals surface area (Å²) in [5.74, 6) is -4.60. The number of aliphatic hydroxyl groups is 2. The number of carboxylic acids is 1.